The van der Waals surface area contributed by atoms with Crippen molar-refractivity contribution < 1.29 is 17.9 Å². The molecule has 0 aliphatic carbocycles. The first-order chi connectivity index (χ1) is 14.9. The number of piperidine rings is 1. The SMILES string of the molecule is CN1CCC(S(=O)(=O)Nc2ccc3c(c2)CCN(C(=O)COc2cccnc2)C3)CC1. The third-order valence-electron chi connectivity index (χ3n) is 5.93. The molecule has 1 fully saturated rings. The number of hydrogen-bond acceptors (Lipinski definition) is 6. The average molecular weight is 445 g/mol. The Balaban J connectivity index is 1.35. The Hall–Kier alpha value is -2.65. The number of amides is 1. The average Bonchev–Trinajstić information content (AvgIpc) is 2.78. The van der Waals surface area contributed by atoms with E-state index in [-0.39, 0.29) is 17.8 Å². The fourth-order valence-corrected chi connectivity index (χ4v) is 5.49. The number of carbonyl (C=O) groups excluding carboxylic acids is 1. The number of nitrogens with one attached hydrogen (secondary N) is 1. The van der Waals surface area contributed by atoms with Crippen molar-refractivity contribution in [2.45, 2.75) is 31.1 Å². The van der Waals surface area contributed by atoms with Gasteiger partial charge in [-0.1, -0.05) is 6.07 Å². The van der Waals surface area contributed by atoms with Gasteiger partial charge in [0.2, 0.25) is 10.0 Å². The lowest BCUT2D eigenvalue weighted by Gasteiger charge is -2.30. The number of fused-ring (bicyclic) bond motifs is 1. The van der Waals surface area contributed by atoms with Gasteiger partial charge in [0.1, 0.15) is 5.75 Å². The number of carbonyl (C=O) groups is 1. The van der Waals surface area contributed by atoms with E-state index in [1.54, 1.807) is 35.5 Å². The van der Waals surface area contributed by atoms with Crippen molar-refractivity contribution in [3.63, 3.8) is 0 Å². The van der Waals surface area contributed by atoms with Crippen LogP contribution in [0, 0.1) is 0 Å². The molecule has 0 bridgehead atoms. The lowest BCUT2D eigenvalue weighted by molar-refractivity contribution is -0.134. The van der Waals surface area contributed by atoms with E-state index in [2.05, 4.69) is 14.6 Å². The van der Waals surface area contributed by atoms with Gasteiger partial charge >= 0.3 is 0 Å². The third kappa shape index (κ3) is 5.34. The molecule has 1 amide bonds. The van der Waals surface area contributed by atoms with Gasteiger partial charge in [-0.05, 0) is 74.8 Å². The van der Waals surface area contributed by atoms with Gasteiger partial charge in [-0.2, -0.15) is 0 Å². The van der Waals surface area contributed by atoms with E-state index < -0.39 is 10.0 Å². The van der Waals surface area contributed by atoms with Crippen LogP contribution in [0.2, 0.25) is 0 Å². The zero-order chi connectivity index (χ0) is 21.8. The Kier molecular flexibility index (Phi) is 6.43. The maximum atomic E-state index is 12.8. The number of benzene rings is 1. The highest BCUT2D eigenvalue weighted by Gasteiger charge is 2.29. The largest absolute Gasteiger partial charge is 0.482 e. The van der Waals surface area contributed by atoms with Crippen LogP contribution in [0.4, 0.5) is 5.69 Å². The molecule has 31 heavy (non-hydrogen) atoms. The third-order valence-corrected chi connectivity index (χ3v) is 7.80. The molecule has 2 aromatic rings. The number of rotatable bonds is 6. The van der Waals surface area contributed by atoms with Crippen molar-refractivity contribution in [3.05, 3.63) is 53.9 Å². The highest BCUT2D eigenvalue weighted by Crippen LogP contribution is 2.25. The Morgan fingerprint density at radius 2 is 2.00 bits per heavy atom. The van der Waals surface area contributed by atoms with E-state index in [4.69, 9.17) is 4.74 Å². The van der Waals surface area contributed by atoms with Crippen LogP contribution in [0.25, 0.3) is 0 Å². The summed E-state index contributed by atoms with van der Waals surface area (Å²) in [7, 11) is -1.39. The van der Waals surface area contributed by atoms with Gasteiger partial charge in [0.25, 0.3) is 5.91 Å². The van der Waals surface area contributed by atoms with Crippen LogP contribution in [-0.2, 0) is 27.8 Å². The van der Waals surface area contributed by atoms with E-state index >= 15 is 0 Å². The monoisotopic (exact) mass is 444 g/mol. The summed E-state index contributed by atoms with van der Waals surface area (Å²) in [5.74, 6) is 0.483. The van der Waals surface area contributed by atoms with Crippen molar-refractivity contribution in [3.8, 4) is 5.75 Å². The van der Waals surface area contributed by atoms with Crippen molar-refractivity contribution in [2.75, 3.05) is 38.0 Å². The van der Waals surface area contributed by atoms with E-state index in [9.17, 15) is 13.2 Å². The molecule has 4 rings (SSSR count). The Labute approximate surface area is 183 Å². The second kappa shape index (κ2) is 9.23. The van der Waals surface area contributed by atoms with Gasteiger partial charge in [0.05, 0.1) is 11.4 Å². The summed E-state index contributed by atoms with van der Waals surface area (Å²) in [6.45, 7) is 2.63. The van der Waals surface area contributed by atoms with Gasteiger partial charge in [-0.25, -0.2) is 8.42 Å². The molecule has 8 nitrogen and oxygen atoms in total. The zero-order valence-electron chi connectivity index (χ0n) is 17.7. The summed E-state index contributed by atoms with van der Waals surface area (Å²) in [5, 5.41) is -0.354. The number of anilines is 1. The molecule has 0 spiro atoms. The lowest BCUT2D eigenvalue weighted by Crippen LogP contribution is -2.39. The van der Waals surface area contributed by atoms with Crippen LogP contribution in [0.15, 0.2) is 42.7 Å². The highest BCUT2D eigenvalue weighted by molar-refractivity contribution is 7.93. The van der Waals surface area contributed by atoms with E-state index in [1.165, 1.54) is 0 Å². The van der Waals surface area contributed by atoms with E-state index in [0.717, 1.165) is 24.2 Å². The van der Waals surface area contributed by atoms with Crippen molar-refractivity contribution >= 4 is 21.6 Å². The molecule has 0 radical (unpaired) electrons. The van der Waals surface area contributed by atoms with Gasteiger partial charge in [0, 0.05) is 25.0 Å². The first-order valence-corrected chi connectivity index (χ1v) is 12.1. The van der Waals surface area contributed by atoms with E-state index in [1.807, 2.05) is 19.2 Å². The van der Waals surface area contributed by atoms with E-state index in [0.29, 0.717) is 43.8 Å². The quantitative estimate of drug-likeness (QED) is 0.732. The molecule has 0 atom stereocenters. The van der Waals surface area contributed by atoms with Crippen molar-refractivity contribution in [2.24, 2.45) is 0 Å². The predicted molar refractivity (Wildman–Crippen MR) is 118 cm³/mol. The fraction of sp³-hybridized carbons (Fsp3) is 0.455. The topological polar surface area (TPSA) is 91.8 Å². The minimum atomic E-state index is -3.41. The molecular weight excluding hydrogens is 416 g/mol. The van der Waals surface area contributed by atoms with Gasteiger partial charge in [-0.15, -0.1) is 0 Å². The predicted octanol–water partition coefficient (Wildman–Crippen LogP) is 1.88. The summed E-state index contributed by atoms with van der Waals surface area (Å²) in [6, 6.07) is 9.11. The second-order valence-corrected chi connectivity index (χ2v) is 10.1. The summed E-state index contributed by atoms with van der Waals surface area (Å²) in [4.78, 5) is 20.4. The maximum absolute atomic E-state index is 12.8. The minimum absolute atomic E-state index is 0.0323. The summed E-state index contributed by atoms with van der Waals surface area (Å²) in [6.07, 6.45) is 5.20. The van der Waals surface area contributed by atoms with Crippen molar-refractivity contribution in [1.29, 1.82) is 0 Å². The molecule has 3 heterocycles. The summed E-state index contributed by atoms with van der Waals surface area (Å²) in [5.41, 5.74) is 2.70. The first kappa shape index (κ1) is 21.6. The maximum Gasteiger partial charge on any atom is 0.260 e. The van der Waals surface area contributed by atoms with Gasteiger partial charge in [-0.3, -0.25) is 14.5 Å². The number of likely N-dealkylation sites (tertiary alicyclic amines) is 1. The van der Waals surface area contributed by atoms with Crippen LogP contribution >= 0.6 is 0 Å². The molecule has 2 aliphatic heterocycles. The number of sulfonamides is 1. The molecule has 1 aromatic heterocycles. The van der Waals surface area contributed by atoms with Crippen LogP contribution in [-0.4, -0.2) is 67.6 Å². The molecule has 1 saturated heterocycles. The molecule has 9 heteroatoms. The minimum Gasteiger partial charge on any atom is -0.482 e. The highest BCUT2D eigenvalue weighted by atomic mass is 32.2. The van der Waals surface area contributed by atoms with Gasteiger partial charge < -0.3 is 14.5 Å². The standard InChI is InChI=1S/C22H28N4O4S/c1-25-10-7-21(8-11-25)31(28,29)24-19-5-4-18-15-26(12-6-17(18)13-19)22(27)16-30-20-3-2-9-23-14-20/h2-5,9,13-14,21,24H,6-8,10-12,15-16H2,1H3. The van der Waals surface area contributed by atoms with Crippen LogP contribution < -0.4 is 9.46 Å². The van der Waals surface area contributed by atoms with Crippen LogP contribution in [0.1, 0.15) is 24.0 Å². The first-order valence-electron chi connectivity index (χ1n) is 10.5. The number of pyridine rings is 1. The Morgan fingerprint density at radius 3 is 2.74 bits per heavy atom. The lowest BCUT2D eigenvalue weighted by atomic mass is 9.99. The Bertz CT molecular complexity index is 1020. The molecule has 166 valence electrons. The van der Waals surface area contributed by atoms with Gasteiger partial charge in [0.15, 0.2) is 6.61 Å². The van der Waals surface area contributed by atoms with Crippen LogP contribution in [0.5, 0.6) is 5.75 Å². The van der Waals surface area contributed by atoms with Crippen molar-refractivity contribution in [1.82, 2.24) is 14.8 Å². The molecule has 0 unspecified atom stereocenters. The normalized spacial score (nSPS) is 17.8. The smallest absolute Gasteiger partial charge is 0.260 e. The number of hydrogen-bond donors (Lipinski definition) is 1. The molecule has 0 saturated carbocycles. The van der Waals surface area contributed by atoms with Crippen LogP contribution in [0.3, 0.4) is 0 Å². The number of ether oxygens (including phenoxy) is 1. The Morgan fingerprint density at radius 1 is 1.19 bits per heavy atom. The summed E-state index contributed by atoms with van der Waals surface area (Å²) < 4.78 is 33.8. The zero-order valence-corrected chi connectivity index (χ0v) is 18.5. The summed E-state index contributed by atoms with van der Waals surface area (Å²) >= 11 is 0. The molecule has 1 N–H and O–H groups in total. The molecular formula is C22H28N4O4S. The molecule has 2 aliphatic rings. The second-order valence-electron chi connectivity index (χ2n) is 8.18. The molecule has 1 aromatic carbocycles. The number of aromatic nitrogens is 1. The fourth-order valence-electron chi connectivity index (χ4n) is 4.04. The number of nitrogens with zero attached hydrogens (tertiary/aromatic N) is 3.